The van der Waals surface area contributed by atoms with Crippen LogP contribution in [0.4, 0.5) is 0 Å². The van der Waals surface area contributed by atoms with Crippen molar-refractivity contribution in [1.82, 2.24) is 10.3 Å². The summed E-state index contributed by atoms with van der Waals surface area (Å²) >= 11 is 1.81. The summed E-state index contributed by atoms with van der Waals surface area (Å²) in [5, 5.41) is 4.67. The van der Waals surface area contributed by atoms with Crippen molar-refractivity contribution < 1.29 is 8.42 Å². The zero-order valence-electron chi connectivity index (χ0n) is 11.9. The van der Waals surface area contributed by atoms with Gasteiger partial charge < -0.3 is 5.32 Å². The normalized spacial score (nSPS) is 24.2. The zero-order valence-corrected chi connectivity index (χ0v) is 13.6. The van der Waals surface area contributed by atoms with Crippen LogP contribution in [0.25, 0.3) is 0 Å². The summed E-state index contributed by atoms with van der Waals surface area (Å²) in [6.45, 7) is 2.93. The van der Waals surface area contributed by atoms with Gasteiger partial charge in [-0.25, -0.2) is 13.4 Å². The summed E-state index contributed by atoms with van der Waals surface area (Å²) in [5.74, 6) is 0.564. The minimum Gasteiger partial charge on any atom is -0.306 e. The standard InChI is InChI=1S/C14H22N2O2S2/c1-2-15-14(7-9-20(17,18)10-8-14)13-16-11-5-3-4-6-12(11)19-13/h15H,2-10H2,1H3. The van der Waals surface area contributed by atoms with Crippen molar-refractivity contribution in [3.63, 3.8) is 0 Å². The van der Waals surface area contributed by atoms with E-state index in [1.54, 1.807) is 0 Å². The van der Waals surface area contributed by atoms with Crippen molar-refractivity contribution in [1.29, 1.82) is 0 Å². The zero-order chi connectivity index (χ0) is 14.2. The Kier molecular flexibility index (Phi) is 3.90. The highest BCUT2D eigenvalue weighted by atomic mass is 32.2. The van der Waals surface area contributed by atoms with E-state index in [1.165, 1.54) is 23.4 Å². The van der Waals surface area contributed by atoms with Gasteiger partial charge in [0, 0.05) is 4.88 Å². The van der Waals surface area contributed by atoms with E-state index in [2.05, 4.69) is 12.2 Å². The molecule has 0 bridgehead atoms. The van der Waals surface area contributed by atoms with E-state index in [9.17, 15) is 8.42 Å². The lowest BCUT2D eigenvalue weighted by Gasteiger charge is -2.36. The second-order valence-corrected chi connectivity index (χ2v) is 9.25. The van der Waals surface area contributed by atoms with Crippen LogP contribution in [0.5, 0.6) is 0 Å². The van der Waals surface area contributed by atoms with Gasteiger partial charge in [0.25, 0.3) is 0 Å². The monoisotopic (exact) mass is 314 g/mol. The van der Waals surface area contributed by atoms with Crippen molar-refractivity contribution in [2.45, 2.75) is 51.0 Å². The van der Waals surface area contributed by atoms with E-state index in [1.807, 2.05) is 11.3 Å². The van der Waals surface area contributed by atoms with Gasteiger partial charge in [-0.3, -0.25) is 0 Å². The lowest BCUT2D eigenvalue weighted by molar-refractivity contribution is 0.305. The molecule has 1 aromatic heterocycles. The molecule has 20 heavy (non-hydrogen) atoms. The van der Waals surface area contributed by atoms with Gasteiger partial charge in [0.2, 0.25) is 0 Å². The van der Waals surface area contributed by atoms with Crippen LogP contribution in [0.1, 0.15) is 48.2 Å². The number of hydrogen-bond acceptors (Lipinski definition) is 5. The number of thiazole rings is 1. The molecule has 0 unspecified atom stereocenters. The Morgan fingerprint density at radius 3 is 2.60 bits per heavy atom. The van der Waals surface area contributed by atoms with Crippen LogP contribution in [-0.4, -0.2) is 31.5 Å². The van der Waals surface area contributed by atoms with E-state index >= 15 is 0 Å². The first-order valence-electron chi connectivity index (χ1n) is 7.49. The molecule has 6 heteroatoms. The number of nitrogens with one attached hydrogen (secondary N) is 1. The SMILES string of the molecule is CCNC1(c2nc3c(s2)CCCC3)CCS(=O)(=O)CC1. The molecule has 0 spiro atoms. The Bertz CT molecular complexity index is 555. The van der Waals surface area contributed by atoms with Crippen molar-refractivity contribution in [3.8, 4) is 0 Å². The van der Waals surface area contributed by atoms with Crippen LogP contribution in [0.15, 0.2) is 0 Å². The molecular formula is C14H22N2O2S2. The molecule has 1 aliphatic carbocycles. The minimum absolute atomic E-state index is 0.206. The number of aromatic nitrogens is 1. The summed E-state index contributed by atoms with van der Waals surface area (Å²) in [4.78, 5) is 6.30. The van der Waals surface area contributed by atoms with Crippen LogP contribution in [0, 0.1) is 0 Å². The van der Waals surface area contributed by atoms with E-state index in [4.69, 9.17) is 4.98 Å². The minimum atomic E-state index is -2.85. The van der Waals surface area contributed by atoms with Crippen molar-refractivity contribution >= 4 is 21.2 Å². The van der Waals surface area contributed by atoms with E-state index in [-0.39, 0.29) is 17.0 Å². The molecule has 0 saturated carbocycles. The fourth-order valence-corrected chi connectivity index (χ4v) is 6.14. The number of fused-ring (bicyclic) bond motifs is 1. The number of hydrogen-bond donors (Lipinski definition) is 1. The van der Waals surface area contributed by atoms with Gasteiger partial charge in [0.05, 0.1) is 22.7 Å². The summed E-state index contributed by atoms with van der Waals surface area (Å²) in [5.41, 5.74) is 1.06. The first-order chi connectivity index (χ1) is 9.55. The molecule has 2 heterocycles. The molecule has 0 atom stereocenters. The summed E-state index contributed by atoms with van der Waals surface area (Å²) < 4.78 is 23.4. The number of nitrogens with zero attached hydrogens (tertiary/aromatic N) is 1. The second kappa shape index (κ2) is 5.39. The van der Waals surface area contributed by atoms with Crippen molar-refractivity contribution in [2.24, 2.45) is 0 Å². The summed E-state index contributed by atoms with van der Waals surface area (Å²) in [7, 11) is -2.85. The van der Waals surface area contributed by atoms with Crippen molar-refractivity contribution in [2.75, 3.05) is 18.1 Å². The van der Waals surface area contributed by atoms with Crippen LogP contribution in [0.3, 0.4) is 0 Å². The van der Waals surface area contributed by atoms with Crippen LogP contribution in [0.2, 0.25) is 0 Å². The van der Waals surface area contributed by atoms with E-state index in [0.29, 0.717) is 12.8 Å². The highest BCUT2D eigenvalue weighted by Crippen LogP contribution is 2.39. The number of rotatable bonds is 3. The van der Waals surface area contributed by atoms with E-state index < -0.39 is 9.84 Å². The Balaban J connectivity index is 1.92. The lowest BCUT2D eigenvalue weighted by Crippen LogP contribution is -2.48. The molecule has 1 saturated heterocycles. The summed E-state index contributed by atoms with van der Waals surface area (Å²) in [6, 6.07) is 0. The maximum absolute atomic E-state index is 11.7. The maximum Gasteiger partial charge on any atom is 0.150 e. The first kappa shape index (κ1) is 14.5. The molecule has 4 nitrogen and oxygen atoms in total. The molecule has 1 N–H and O–H groups in total. The Hall–Kier alpha value is -0.460. The van der Waals surface area contributed by atoms with E-state index in [0.717, 1.165) is 24.4 Å². The third-order valence-electron chi connectivity index (χ3n) is 4.45. The van der Waals surface area contributed by atoms with Gasteiger partial charge >= 0.3 is 0 Å². The average Bonchev–Trinajstić information content (AvgIpc) is 2.86. The van der Waals surface area contributed by atoms with Crippen LogP contribution in [-0.2, 0) is 28.2 Å². The maximum atomic E-state index is 11.7. The number of aryl methyl sites for hydroxylation is 2. The molecule has 0 aromatic carbocycles. The lowest BCUT2D eigenvalue weighted by atomic mass is 9.92. The van der Waals surface area contributed by atoms with Gasteiger partial charge in [0.15, 0.2) is 0 Å². The van der Waals surface area contributed by atoms with Crippen LogP contribution >= 0.6 is 11.3 Å². The topological polar surface area (TPSA) is 59.1 Å². The second-order valence-electron chi connectivity index (χ2n) is 5.86. The largest absolute Gasteiger partial charge is 0.306 e. The highest BCUT2D eigenvalue weighted by Gasteiger charge is 2.41. The van der Waals surface area contributed by atoms with Crippen molar-refractivity contribution in [3.05, 3.63) is 15.6 Å². The smallest absolute Gasteiger partial charge is 0.150 e. The van der Waals surface area contributed by atoms with Gasteiger partial charge in [-0.05, 0) is 45.1 Å². The van der Waals surface area contributed by atoms with Crippen LogP contribution < -0.4 is 5.32 Å². The molecule has 1 fully saturated rings. The van der Waals surface area contributed by atoms with Gasteiger partial charge in [-0.15, -0.1) is 11.3 Å². The van der Waals surface area contributed by atoms with Gasteiger partial charge in [0.1, 0.15) is 14.8 Å². The third kappa shape index (κ3) is 2.65. The van der Waals surface area contributed by atoms with Gasteiger partial charge in [-0.1, -0.05) is 6.92 Å². The fraction of sp³-hybridized carbons (Fsp3) is 0.786. The predicted molar refractivity (Wildman–Crippen MR) is 82.0 cm³/mol. The molecule has 2 aliphatic rings. The molecule has 112 valence electrons. The summed E-state index contributed by atoms with van der Waals surface area (Å²) in [6.07, 6.45) is 6.06. The molecular weight excluding hydrogens is 292 g/mol. The Morgan fingerprint density at radius 2 is 1.95 bits per heavy atom. The molecule has 1 aliphatic heterocycles. The molecule has 1 aromatic rings. The molecule has 0 radical (unpaired) electrons. The molecule has 0 amide bonds. The highest BCUT2D eigenvalue weighted by molar-refractivity contribution is 7.91. The first-order valence-corrected chi connectivity index (χ1v) is 10.1. The quantitative estimate of drug-likeness (QED) is 0.927. The third-order valence-corrected chi connectivity index (χ3v) is 7.46. The Labute approximate surface area is 124 Å². The molecule has 3 rings (SSSR count). The van der Waals surface area contributed by atoms with Gasteiger partial charge in [-0.2, -0.15) is 0 Å². The Morgan fingerprint density at radius 1 is 1.25 bits per heavy atom. The average molecular weight is 314 g/mol. The predicted octanol–water partition coefficient (Wildman–Crippen LogP) is 2.04. The fourth-order valence-electron chi connectivity index (χ4n) is 3.25. The number of sulfone groups is 1.